The van der Waals surface area contributed by atoms with E-state index in [1.807, 2.05) is 0 Å². The number of nitrogens with two attached hydrogens (primary N) is 1. The lowest BCUT2D eigenvalue weighted by molar-refractivity contribution is 0.0350. The highest BCUT2D eigenvalue weighted by Crippen LogP contribution is 2.35. The summed E-state index contributed by atoms with van der Waals surface area (Å²) in [6.45, 7) is -0.0411. The molecule has 1 fully saturated rings. The van der Waals surface area contributed by atoms with Crippen LogP contribution < -0.4 is 11.4 Å². The van der Waals surface area contributed by atoms with Crippen LogP contribution in [0.15, 0.2) is 11.0 Å². The molecule has 0 unspecified atom stereocenters. The fraction of sp³-hybridized carbons (Fsp3) is 0.444. The van der Waals surface area contributed by atoms with E-state index in [0.717, 1.165) is 5.56 Å². The first-order valence-corrected chi connectivity index (χ1v) is 6.35. The average molecular weight is 269 g/mol. The van der Waals surface area contributed by atoms with Gasteiger partial charge in [-0.05, 0) is 0 Å². The summed E-state index contributed by atoms with van der Waals surface area (Å²) < 4.78 is 6.83. The third kappa shape index (κ3) is 1.76. The SMILES string of the molecule is Nc1nc(=O)n2[nH]cc([C@H]3CS[C@@H](CO)O3)c2n1. The summed E-state index contributed by atoms with van der Waals surface area (Å²) in [5.74, 6) is 0.627. The van der Waals surface area contributed by atoms with Crippen molar-refractivity contribution in [3.63, 3.8) is 0 Å². The van der Waals surface area contributed by atoms with Crippen LogP contribution in [0.5, 0.6) is 0 Å². The number of ether oxygens (including phenoxy) is 1. The number of nitrogens with one attached hydrogen (secondary N) is 1. The van der Waals surface area contributed by atoms with Crippen LogP contribution in [-0.2, 0) is 4.74 Å². The Labute approximate surface area is 105 Å². The van der Waals surface area contributed by atoms with E-state index in [4.69, 9.17) is 15.6 Å². The molecule has 1 aliphatic heterocycles. The maximum Gasteiger partial charge on any atom is 0.371 e. The normalized spacial score (nSPS) is 23.8. The van der Waals surface area contributed by atoms with Crippen molar-refractivity contribution in [1.82, 2.24) is 19.6 Å². The Balaban J connectivity index is 2.05. The number of nitrogen functional groups attached to an aromatic ring is 1. The van der Waals surface area contributed by atoms with E-state index >= 15 is 0 Å². The van der Waals surface area contributed by atoms with E-state index in [2.05, 4.69) is 15.1 Å². The monoisotopic (exact) mass is 269 g/mol. The molecule has 0 amide bonds. The fourth-order valence-corrected chi connectivity index (χ4v) is 2.85. The number of H-pyrrole nitrogens is 1. The molecule has 96 valence electrons. The number of rotatable bonds is 2. The topological polar surface area (TPSA) is 119 Å². The highest BCUT2D eigenvalue weighted by Gasteiger charge is 2.29. The van der Waals surface area contributed by atoms with Crippen LogP contribution >= 0.6 is 11.8 Å². The van der Waals surface area contributed by atoms with Gasteiger partial charge in [0.15, 0.2) is 5.65 Å². The predicted molar refractivity (Wildman–Crippen MR) is 65.2 cm³/mol. The highest BCUT2D eigenvalue weighted by molar-refractivity contribution is 8.00. The number of aliphatic hydroxyl groups is 1. The van der Waals surface area contributed by atoms with Crippen LogP contribution in [0.4, 0.5) is 5.95 Å². The van der Waals surface area contributed by atoms with Crippen molar-refractivity contribution in [3.05, 3.63) is 22.2 Å². The van der Waals surface area contributed by atoms with Gasteiger partial charge in [0.2, 0.25) is 5.95 Å². The molecule has 2 aromatic rings. The molecule has 4 N–H and O–H groups in total. The summed E-state index contributed by atoms with van der Waals surface area (Å²) in [5.41, 5.74) is 5.88. The minimum Gasteiger partial charge on any atom is -0.393 e. The van der Waals surface area contributed by atoms with Crippen LogP contribution in [0.1, 0.15) is 11.7 Å². The van der Waals surface area contributed by atoms with E-state index in [9.17, 15) is 4.79 Å². The smallest absolute Gasteiger partial charge is 0.371 e. The molecule has 3 heterocycles. The molecule has 0 spiro atoms. The lowest BCUT2D eigenvalue weighted by Crippen LogP contribution is -2.20. The van der Waals surface area contributed by atoms with Crippen molar-refractivity contribution in [2.45, 2.75) is 11.5 Å². The Morgan fingerprint density at radius 2 is 2.50 bits per heavy atom. The maximum absolute atomic E-state index is 11.6. The minimum atomic E-state index is -0.506. The molecule has 9 heteroatoms. The molecule has 0 radical (unpaired) electrons. The summed E-state index contributed by atoms with van der Waals surface area (Å²) in [7, 11) is 0. The zero-order valence-electron chi connectivity index (χ0n) is 9.24. The molecule has 8 nitrogen and oxygen atoms in total. The van der Waals surface area contributed by atoms with Gasteiger partial charge in [0.25, 0.3) is 0 Å². The lowest BCUT2D eigenvalue weighted by Gasteiger charge is -2.08. The third-order valence-electron chi connectivity index (χ3n) is 2.69. The second-order valence-corrected chi connectivity index (χ2v) is 5.01. The van der Waals surface area contributed by atoms with Gasteiger partial charge in [-0.3, -0.25) is 5.10 Å². The standard InChI is InChI=1S/C9H11N5O3S/c10-8-12-7-4(1-11-14(7)9(16)13-8)5-3-18-6(2-15)17-5/h1,5-6,11,15H,2-3H2,(H2,10,13,16)/t5-,6+/m1/s1. The summed E-state index contributed by atoms with van der Waals surface area (Å²) in [4.78, 5) is 19.1. The van der Waals surface area contributed by atoms with E-state index in [0.29, 0.717) is 11.4 Å². The number of hydrogen-bond donors (Lipinski definition) is 3. The number of aromatic amines is 1. The van der Waals surface area contributed by atoms with Crippen LogP contribution in [-0.4, -0.2) is 42.5 Å². The van der Waals surface area contributed by atoms with Gasteiger partial charge in [-0.15, -0.1) is 11.8 Å². The zero-order chi connectivity index (χ0) is 12.7. The number of thioether (sulfide) groups is 1. The first-order valence-electron chi connectivity index (χ1n) is 5.30. The van der Waals surface area contributed by atoms with Crippen LogP contribution in [0.25, 0.3) is 5.65 Å². The molecule has 2 aromatic heterocycles. The summed E-state index contributed by atoms with van der Waals surface area (Å²) in [5, 5.41) is 11.8. The minimum absolute atomic E-state index is 0.0411. The molecular formula is C9H11N5O3S. The van der Waals surface area contributed by atoms with E-state index in [1.165, 1.54) is 16.3 Å². The molecule has 18 heavy (non-hydrogen) atoms. The molecule has 2 atom stereocenters. The molecule has 1 aliphatic rings. The number of fused-ring (bicyclic) bond motifs is 1. The zero-order valence-corrected chi connectivity index (χ0v) is 10.1. The summed E-state index contributed by atoms with van der Waals surface area (Å²) in [6.07, 6.45) is 1.43. The Morgan fingerprint density at radius 3 is 3.22 bits per heavy atom. The van der Waals surface area contributed by atoms with Crippen LogP contribution in [0.3, 0.4) is 0 Å². The summed E-state index contributed by atoms with van der Waals surface area (Å²) in [6, 6.07) is 0. The van der Waals surface area contributed by atoms with Gasteiger partial charge in [0, 0.05) is 17.5 Å². The first kappa shape index (κ1) is 11.5. The van der Waals surface area contributed by atoms with Gasteiger partial charge in [0.05, 0.1) is 12.7 Å². The Bertz CT molecular complexity index is 639. The van der Waals surface area contributed by atoms with Crippen molar-refractivity contribution in [2.24, 2.45) is 0 Å². The highest BCUT2D eigenvalue weighted by atomic mass is 32.2. The van der Waals surface area contributed by atoms with Gasteiger partial charge >= 0.3 is 5.69 Å². The van der Waals surface area contributed by atoms with E-state index < -0.39 is 5.69 Å². The molecule has 0 aliphatic carbocycles. The van der Waals surface area contributed by atoms with E-state index in [1.54, 1.807) is 6.20 Å². The average Bonchev–Trinajstić information content (AvgIpc) is 2.93. The van der Waals surface area contributed by atoms with Gasteiger partial charge in [-0.2, -0.15) is 14.5 Å². The predicted octanol–water partition coefficient (Wildman–Crippen LogP) is -0.877. The quantitative estimate of drug-likeness (QED) is 0.648. The Morgan fingerprint density at radius 1 is 1.67 bits per heavy atom. The van der Waals surface area contributed by atoms with Crippen molar-refractivity contribution < 1.29 is 9.84 Å². The molecule has 0 bridgehead atoms. The van der Waals surface area contributed by atoms with Crippen molar-refractivity contribution in [3.8, 4) is 0 Å². The number of aromatic nitrogens is 4. The molecule has 0 aromatic carbocycles. The number of aliphatic hydroxyl groups excluding tert-OH is 1. The molecule has 1 saturated heterocycles. The second kappa shape index (κ2) is 4.26. The Kier molecular flexibility index (Phi) is 2.73. The van der Waals surface area contributed by atoms with Gasteiger partial charge in [-0.25, -0.2) is 4.79 Å². The van der Waals surface area contributed by atoms with Crippen LogP contribution in [0.2, 0.25) is 0 Å². The van der Waals surface area contributed by atoms with Crippen molar-refractivity contribution in [2.75, 3.05) is 18.1 Å². The van der Waals surface area contributed by atoms with Gasteiger partial charge in [0.1, 0.15) is 5.44 Å². The first-order chi connectivity index (χ1) is 8.69. The third-order valence-corrected chi connectivity index (χ3v) is 3.81. The molecular weight excluding hydrogens is 258 g/mol. The number of anilines is 1. The molecule has 0 saturated carbocycles. The van der Waals surface area contributed by atoms with Crippen molar-refractivity contribution in [1.29, 1.82) is 0 Å². The second-order valence-electron chi connectivity index (χ2n) is 3.82. The van der Waals surface area contributed by atoms with Crippen LogP contribution in [0, 0.1) is 0 Å². The Hall–Kier alpha value is -1.58. The number of nitrogens with zero attached hydrogens (tertiary/aromatic N) is 3. The summed E-state index contributed by atoms with van der Waals surface area (Å²) >= 11 is 1.52. The van der Waals surface area contributed by atoms with E-state index in [-0.39, 0.29) is 24.1 Å². The van der Waals surface area contributed by atoms with Crippen molar-refractivity contribution >= 4 is 23.4 Å². The van der Waals surface area contributed by atoms with Gasteiger partial charge in [-0.1, -0.05) is 0 Å². The molecule has 3 rings (SSSR count). The largest absolute Gasteiger partial charge is 0.393 e. The van der Waals surface area contributed by atoms with Gasteiger partial charge < -0.3 is 15.6 Å². The fourth-order valence-electron chi connectivity index (χ4n) is 1.88. The maximum atomic E-state index is 11.6. The number of hydrogen-bond acceptors (Lipinski definition) is 7. The lowest BCUT2D eigenvalue weighted by atomic mass is 10.2.